The molecule has 3 aromatic carbocycles. The molecule has 0 bridgehead atoms. The van der Waals surface area contributed by atoms with Crippen LogP contribution in [0.2, 0.25) is 0 Å². The van der Waals surface area contributed by atoms with Gasteiger partial charge in [0.1, 0.15) is 5.82 Å². The van der Waals surface area contributed by atoms with Gasteiger partial charge < -0.3 is 15.5 Å². The van der Waals surface area contributed by atoms with Crippen molar-refractivity contribution in [2.24, 2.45) is 0 Å². The van der Waals surface area contributed by atoms with Crippen LogP contribution in [-0.2, 0) is 6.54 Å². The lowest BCUT2D eigenvalue weighted by atomic mass is 9.89. The molecule has 2 N–H and O–H groups in total. The minimum atomic E-state index is -0.322. The first-order chi connectivity index (χ1) is 15.6. The van der Waals surface area contributed by atoms with Crippen LogP contribution in [0.3, 0.4) is 0 Å². The van der Waals surface area contributed by atoms with E-state index in [2.05, 4.69) is 10.6 Å². The molecule has 164 valence electrons. The molecule has 0 aromatic heterocycles. The average Bonchev–Trinajstić information content (AvgIpc) is 2.83. The minimum absolute atomic E-state index is 0.107. The number of para-hydroxylation sites is 1. The van der Waals surface area contributed by atoms with Crippen LogP contribution in [0.4, 0.5) is 14.9 Å². The highest BCUT2D eigenvalue weighted by Crippen LogP contribution is 2.28. The largest absolute Gasteiger partial charge is 0.348 e. The number of anilines is 1. The number of urea groups is 1. The molecule has 0 saturated carbocycles. The van der Waals surface area contributed by atoms with E-state index in [9.17, 15) is 14.0 Å². The maximum atomic E-state index is 13.3. The van der Waals surface area contributed by atoms with Gasteiger partial charge >= 0.3 is 6.03 Å². The molecule has 1 aliphatic rings. The second-order valence-corrected chi connectivity index (χ2v) is 8.02. The maximum absolute atomic E-state index is 13.3. The first-order valence-corrected chi connectivity index (χ1v) is 10.8. The minimum Gasteiger partial charge on any atom is -0.348 e. The summed E-state index contributed by atoms with van der Waals surface area (Å²) in [5.74, 6) is -0.358. The van der Waals surface area contributed by atoms with Crippen molar-refractivity contribution in [1.29, 1.82) is 0 Å². The van der Waals surface area contributed by atoms with Gasteiger partial charge in [-0.3, -0.25) is 4.79 Å². The quantitative estimate of drug-likeness (QED) is 0.586. The molecule has 0 aliphatic carbocycles. The number of benzene rings is 3. The summed E-state index contributed by atoms with van der Waals surface area (Å²) in [4.78, 5) is 27.2. The Morgan fingerprint density at radius 2 is 1.78 bits per heavy atom. The number of likely N-dealkylation sites (tertiary alicyclic amines) is 1. The lowest BCUT2D eigenvalue weighted by molar-refractivity contribution is 0.0950. The highest BCUT2D eigenvalue weighted by molar-refractivity contribution is 5.94. The first kappa shape index (κ1) is 21.6. The highest BCUT2D eigenvalue weighted by Gasteiger charge is 2.25. The van der Waals surface area contributed by atoms with Gasteiger partial charge in [0.15, 0.2) is 0 Å². The van der Waals surface area contributed by atoms with Crippen molar-refractivity contribution in [3.05, 3.63) is 101 Å². The van der Waals surface area contributed by atoms with Gasteiger partial charge in [0, 0.05) is 36.8 Å². The van der Waals surface area contributed by atoms with Crippen molar-refractivity contribution < 1.29 is 14.0 Å². The number of halogens is 1. The molecule has 0 spiro atoms. The Kier molecular flexibility index (Phi) is 6.80. The molecule has 3 aromatic rings. The topological polar surface area (TPSA) is 61.4 Å². The van der Waals surface area contributed by atoms with Crippen molar-refractivity contribution in [2.75, 3.05) is 18.4 Å². The summed E-state index contributed by atoms with van der Waals surface area (Å²) in [6.45, 7) is 1.58. The molecule has 6 heteroatoms. The molecule has 1 saturated heterocycles. The zero-order valence-electron chi connectivity index (χ0n) is 17.8. The normalized spacial score (nSPS) is 15.8. The van der Waals surface area contributed by atoms with Gasteiger partial charge in [-0.15, -0.1) is 0 Å². The fourth-order valence-corrected chi connectivity index (χ4v) is 4.02. The number of carbonyl (C=O) groups is 2. The van der Waals surface area contributed by atoms with E-state index < -0.39 is 0 Å². The summed E-state index contributed by atoms with van der Waals surface area (Å²) in [5.41, 5.74) is 3.09. The fourth-order valence-electron chi connectivity index (χ4n) is 4.02. The van der Waals surface area contributed by atoms with E-state index in [1.807, 2.05) is 53.4 Å². The molecular formula is C26H26FN3O2. The van der Waals surface area contributed by atoms with Gasteiger partial charge in [-0.1, -0.05) is 42.5 Å². The number of piperidine rings is 1. The third-order valence-corrected chi connectivity index (χ3v) is 5.70. The Morgan fingerprint density at radius 1 is 0.969 bits per heavy atom. The number of amides is 3. The van der Waals surface area contributed by atoms with E-state index in [1.165, 1.54) is 12.1 Å². The molecule has 0 unspecified atom stereocenters. The molecule has 1 fully saturated rings. The van der Waals surface area contributed by atoms with E-state index in [-0.39, 0.29) is 30.2 Å². The van der Waals surface area contributed by atoms with Crippen LogP contribution in [0.1, 0.15) is 40.2 Å². The van der Waals surface area contributed by atoms with Crippen molar-refractivity contribution in [3.63, 3.8) is 0 Å². The average molecular weight is 432 g/mol. The van der Waals surface area contributed by atoms with E-state index in [0.717, 1.165) is 24.1 Å². The summed E-state index contributed by atoms with van der Waals surface area (Å²) in [6.07, 6.45) is 1.87. The summed E-state index contributed by atoms with van der Waals surface area (Å²) in [7, 11) is 0. The third-order valence-electron chi connectivity index (χ3n) is 5.70. The summed E-state index contributed by atoms with van der Waals surface area (Å²) in [5, 5.41) is 5.79. The van der Waals surface area contributed by atoms with Gasteiger partial charge in [0.25, 0.3) is 5.91 Å². The van der Waals surface area contributed by atoms with Crippen LogP contribution in [0.5, 0.6) is 0 Å². The predicted octanol–water partition coefficient (Wildman–Crippen LogP) is 5.17. The third kappa shape index (κ3) is 5.52. The standard InChI is InChI=1S/C26H26FN3O2/c27-23-11-4-7-19(15-23)17-28-25(31)21-9-5-8-20(16-21)22-10-6-14-30(18-22)26(32)29-24-12-2-1-3-13-24/h1-5,7-9,11-13,15-16,22H,6,10,14,17-18H2,(H,28,31)(H,29,32)/t22-/m1/s1. The maximum Gasteiger partial charge on any atom is 0.321 e. The van der Waals surface area contributed by atoms with E-state index in [1.54, 1.807) is 18.2 Å². The number of hydrogen-bond donors (Lipinski definition) is 2. The first-order valence-electron chi connectivity index (χ1n) is 10.8. The SMILES string of the molecule is O=C(NCc1cccc(F)c1)c1cccc([C@@H]2CCCN(C(=O)Nc3ccccc3)C2)c1. The second kappa shape index (κ2) is 10.1. The molecular weight excluding hydrogens is 405 g/mol. The van der Waals surface area contributed by atoms with Crippen molar-refractivity contribution >= 4 is 17.6 Å². The number of nitrogens with zero attached hydrogens (tertiary/aromatic N) is 1. The lowest BCUT2D eigenvalue weighted by Crippen LogP contribution is -2.41. The molecule has 3 amide bonds. The van der Waals surface area contributed by atoms with Gasteiger partial charge in [0.2, 0.25) is 0 Å². The number of hydrogen-bond acceptors (Lipinski definition) is 2. The van der Waals surface area contributed by atoms with Crippen molar-refractivity contribution in [3.8, 4) is 0 Å². The molecule has 1 aliphatic heterocycles. The Morgan fingerprint density at radius 3 is 2.59 bits per heavy atom. The summed E-state index contributed by atoms with van der Waals surface area (Å²) >= 11 is 0. The molecule has 1 heterocycles. The van der Waals surface area contributed by atoms with Gasteiger partial charge in [-0.2, -0.15) is 0 Å². The Hall–Kier alpha value is -3.67. The van der Waals surface area contributed by atoms with E-state index >= 15 is 0 Å². The highest BCUT2D eigenvalue weighted by atomic mass is 19.1. The monoisotopic (exact) mass is 431 g/mol. The van der Waals surface area contributed by atoms with Crippen LogP contribution in [0.25, 0.3) is 0 Å². The Labute approximate surface area is 187 Å². The van der Waals surface area contributed by atoms with Crippen LogP contribution < -0.4 is 10.6 Å². The molecule has 1 atom stereocenters. The summed E-state index contributed by atoms with van der Waals surface area (Å²) < 4.78 is 13.3. The number of carbonyl (C=O) groups excluding carboxylic acids is 2. The van der Waals surface area contributed by atoms with Gasteiger partial charge in [-0.05, 0) is 60.4 Å². The van der Waals surface area contributed by atoms with Crippen LogP contribution in [0, 0.1) is 5.82 Å². The number of nitrogens with one attached hydrogen (secondary N) is 2. The van der Waals surface area contributed by atoms with E-state index in [0.29, 0.717) is 24.2 Å². The van der Waals surface area contributed by atoms with Crippen molar-refractivity contribution in [1.82, 2.24) is 10.2 Å². The molecule has 32 heavy (non-hydrogen) atoms. The summed E-state index contributed by atoms with van der Waals surface area (Å²) in [6, 6.07) is 23.0. The fraction of sp³-hybridized carbons (Fsp3) is 0.231. The van der Waals surface area contributed by atoms with Crippen LogP contribution in [0.15, 0.2) is 78.9 Å². The van der Waals surface area contributed by atoms with Crippen LogP contribution >= 0.6 is 0 Å². The zero-order valence-corrected chi connectivity index (χ0v) is 17.8. The Balaban J connectivity index is 1.38. The van der Waals surface area contributed by atoms with E-state index in [4.69, 9.17) is 0 Å². The lowest BCUT2D eigenvalue weighted by Gasteiger charge is -2.33. The number of rotatable bonds is 5. The molecule has 0 radical (unpaired) electrons. The molecule has 5 nitrogen and oxygen atoms in total. The Bertz CT molecular complexity index is 1090. The molecule has 4 rings (SSSR count). The second-order valence-electron chi connectivity index (χ2n) is 8.02. The van der Waals surface area contributed by atoms with Gasteiger partial charge in [0.05, 0.1) is 0 Å². The van der Waals surface area contributed by atoms with Crippen LogP contribution in [-0.4, -0.2) is 29.9 Å². The zero-order chi connectivity index (χ0) is 22.3. The van der Waals surface area contributed by atoms with Crippen molar-refractivity contribution in [2.45, 2.75) is 25.3 Å². The van der Waals surface area contributed by atoms with Gasteiger partial charge in [-0.25, -0.2) is 9.18 Å². The predicted molar refractivity (Wildman–Crippen MR) is 123 cm³/mol. The smallest absolute Gasteiger partial charge is 0.321 e.